The van der Waals surface area contributed by atoms with Crippen molar-refractivity contribution in [2.45, 2.75) is 26.4 Å². The van der Waals surface area contributed by atoms with Crippen LogP contribution in [-0.4, -0.2) is 29.2 Å². The molecule has 1 atom stereocenters. The topological polar surface area (TPSA) is 17.4 Å². The van der Waals surface area contributed by atoms with Gasteiger partial charge in [-0.2, -0.15) is 0 Å². The molecule has 2 aromatic rings. The maximum atomic E-state index is 5.86. The van der Waals surface area contributed by atoms with Crippen molar-refractivity contribution in [3.8, 4) is 5.75 Å². The van der Waals surface area contributed by atoms with Crippen molar-refractivity contribution >= 4 is 0 Å². The molecule has 106 valence electrons. The monoisotopic (exact) mass is 270 g/mol. The van der Waals surface area contributed by atoms with Crippen LogP contribution in [0.15, 0.2) is 42.6 Å². The molecule has 1 aromatic carbocycles. The molecule has 20 heavy (non-hydrogen) atoms. The number of aromatic nitrogens is 1. The standard InChI is InChI=1S/C17H22N2O/c1-14-5-3-6-16(13-14)20-12-11-18-9-10-19-8-4-7-17(19)15(18)2/h3-8,13,15H,9-12H2,1-2H3/t15-/m0/s1. The van der Waals surface area contributed by atoms with Crippen LogP contribution < -0.4 is 4.74 Å². The van der Waals surface area contributed by atoms with E-state index in [0.717, 1.165) is 32.0 Å². The fourth-order valence-electron chi connectivity index (χ4n) is 2.92. The molecule has 0 bridgehead atoms. The van der Waals surface area contributed by atoms with Crippen molar-refractivity contribution in [2.75, 3.05) is 19.7 Å². The highest BCUT2D eigenvalue weighted by atomic mass is 16.5. The molecule has 0 fully saturated rings. The number of hydrogen-bond acceptors (Lipinski definition) is 2. The molecule has 2 heterocycles. The summed E-state index contributed by atoms with van der Waals surface area (Å²) in [6.45, 7) is 8.26. The number of rotatable bonds is 4. The highest BCUT2D eigenvalue weighted by molar-refractivity contribution is 5.27. The van der Waals surface area contributed by atoms with Gasteiger partial charge in [-0.25, -0.2) is 0 Å². The Kier molecular flexibility index (Phi) is 3.79. The van der Waals surface area contributed by atoms with E-state index in [1.807, 2.05) is 12.1 Å². The Balaban J connectivity index is 1.55. The van der Waals surface area contributed by atoms with Crippen LogP contribution in [0.2, 0.25) is 0 Å². The molecular weight excluding hydrogens is 248 g/mol. The molecule has 0 spiro atoms. The van der Waals surface area contributed by atoms with Crippen LogP contribution in [0.5, 0.6) is 5.75 Å². The lowest BCUT2D eigenvalue weighted by Gasteiger charge is -2.34. The minimum absolute atomic E-state index is 0.472. The van der Waals surface area contributed by atoms with E-state index in [-0.39, 0.29) is 0 Å². The Hall–Kier alpha value is -1.74. The smallest absolute Gasteiger partial charge is 0.119 e. The van der Waals surface area contributed by atoms with E-state index in [2.05, 4.69) is 53.8 Å². The molecule has 0 saturated carbocycles. The van der Waals surface area contributed by atoms with E-state index in [4.69, 9.17) is 4.74 Å². The Morgan fingerprint density at radius 3 is 2.95 bits per heavy atom. The van der Waals surface area contributed by atoms with Gasteiger partial charge in [0.1, 0.15) is 12.4 Å². The molecule has 1 aliphatic heterocycles. The summed E-state index contributed by atoms with van der Waals surface area (Å²) < 4.78 is 8.21. The van der Waals surface area contributed by atoms with Crippen molar-refractivity contribution in [3.05, 3.63) is 53.9 Å². The lowest BCUT2D eigenvalue weighted by Crippen LogP contribution is -2.38. The number of benzene rings is 1. The molecule has 0 N–H and O–H groups in total. The van der Waals surface area contributed by atoms with Gasteiger partial charge in [0.25, 0.3) is 0 Å². The minimum Gasteiger partial charge on any atom is -0.492 e. The second-order valence-corrected chi connectivity index (χ2v) is 5.50. The summed E-state index contributed by atoms with van der Waals surface area (Å²) in [6.07, 6.45) is 2.17. The zero-order chi connectivity index (χ0) is 13.9. The minimum atomic E-state index is 0.472. The van der Waals surface area contributed by atoms with E-state index in [9.17, 15) is 0 Å². The van der Waals surface area contributed by atoms with E-state index in [1.165, 1.54) is 11.3 Å². The first-order valence-electron chi connectivity index (χ1n) is 7.32. The van der Waals surface area contributed by atoms with Gasteiger partial charge in [-0.3, -0.25) is 4.90 Å². The second kappa shape index (κ2) is 5.71. The van der Waals surface area contributed by atoms with Crippen molar-refractivity contribution in [1.29, 1.82) is 0 Å². The van der Waals surface area contributed by atoms with Gasteiger partial charge in [0.2, 0.25) is 0 Å². The summed E-state index contributed by atoms with van der Waals surface area (Å²) in [5.74, 6) is 0.970. The van der Waals surface area contributed by atoms with Crippen LogP contribution in [-0.2, 0) is 6.54 Å². The van der Waals surface area contributed by atoms with Crippen LogP contribution >= 0.6 is 0 Å². The summed E-state index contributed by atoms with van der Waals surface area (Å²) in [4.78, 5) is 2.49. The molecule has 0 saturated heterocycles. The van der Waals surface area contributed by atoms with Crippen molar-refractivity contribution < 1.29 is 4.74 Å². The van der Waals surface area contributed by atoms with E-state index in [1.54, 1.807) is 0 Å². The van der Waals surface area contributed by atoms with E-state index < -0.39 is 0 Å². The summed E-state index contributed by atoms with van der Waals surface area (Å²) in [5, 5.41) is 0. The van der Waals surface area contributed by atoms with E-state index >= 15 is 0 Å². The number of aryl methyl sites for hydroxylation is 1. The molecular formula is C17H22N2O. The number of nitrogens with zero attached hydrogens (tertiary/aromatic N) is 2. The number of fused-ring (bicyclic) bond motifs is 1. The SMILES string of the molecule is Cc1cccc(OCCN2CCn3cccc3[C@@H]2C)c1. The molecule has 1 aromatic heterocycles. The van der Waals surface area contributed by atoms with Crippen molar-refractivity contribution in [3.63, 3.8) is 0 Å². The Morgan fingerprint density at radius 1 is 1.20 bits per heavy atom. The zero-order valence-electron chi connectivity index (χ0n) is 12.2. The average Bonchev–Trinajstić information content (AvgIpc) is 2.91. The van der Waals surface area contributed by atoms with Gasteiger partial charge < -0.3 is 9.30 Å². The third-order valence-electron chi connectivity index (χ3n) is 4.11. The third kappa shape index (κ3) is 2.73. The van der Waals surface area contributed by atoms with Gasteiger partial charge in [0.05, 0.1) is 0 Å². The third-order valence-corrected chi connectivity index (χ3v) is 4.11. The summed E-state index contributed by atoms with van der Waals surface area (Å²) >= 11 is 0. The maximum absolute atomic E-state index is 5.86. The quantitative estimate of drug-likeness (QED) is 0.848. The molecule has 0 amide bonds. The lowest BCUT2D eigenvalue weighted by molar-refractivity contribution is 0.139. The van der Waals surface area contributed by atoms with Crippen LogP contribution in [0.4, 0.5) is 0 Å². The predicted octanol–water partition coefficient (Wildman–Crippen LogP) is 3.25. The van der Waals surface area contributed by atoms with Gasteiger partial charge in [-0.15, -0.1) is 0 Å². The Morgan fingerprint density at radius 2 is 2.10 bits per heavy atom. The molecule has 0 radical (unpaired) electrons. The highest BCUT2D eigenvalue weighted by Gasteiger charge is 2.22. The summed E-state index contributed by atoms with van der Waals surface area (Å²) in [7, 11) is 0. The van der Waals surface area contributed by atoms with E-state index in [0.29, 0.717) is 6.04 Å². The fourth-order valence-corrected chi connectivity index (χ4v) is 2.92. The summed E-state index contributed by atoms with van der Waals surface area (Å²) in [5.41, 5.74) is 2.65. The van der Waals surface area contributed by atoms with Crippen molar-refractivity contribution in [2.24, 2.45) is 0 Å². The molecule has 0 aliphatic carbocycles. The first-order valence-corrected chi connectivity index (χ1v) is 7.32. The van der Waals surface area contributed by atoms with Crippen LogP contribution in [0.1, 0.15) is 24.2 Å². The van der Waals surface area contributed by atoms with Gasteiger partial charge in [0, 0.05) is 37.6 Å². The number of ether oxygens (including phenoxy) is 1. The van der Waals surface area contributed by atoms with Gasteiger partial charge in [-0.05, 0) is 43.7 Å². The average molecular weight is 270 g/mol. The number of hydrogen-bond donors (Lipinski definition) is 0. The van der Waals surface area contributed by atoms with Gasteiger partial charge in [0.15, 0.2) is 0 Å². The molecule has 3 nitrogen and oxygen atoms in total. The predicted molar refractivity (Wildman–Crippen MR) is 81.1 cm³/mol. The molecule has 0 unspecified atom stereocenters. The Bertz CT molecular complexity index is 576. The Labute approximate surface area is 120 Å². The fraction of sp³-hybridized carbons (Fsp3) is 0.412. The van der Waals surface area contributed by atoms with Crippen LogP contribution in [0, 0.1) is 6.92 Å². The maximum Gasteiger partial charge on any atom is 0.119 e. The lowest BCUT2D eigenvalue weighted by atomic mass is 10.1. The molecule has 3 heteroatoms. The van der Waals surface area contributed by atoms with Crippen molar-refractivity contribution in [1.82, 2.24) is 9.47 Å². The van der Waals surface area contributed by atoms with Crippen LogP contribution in [0.25, 0.3) is 0 Å². The normalized spacial score (nSPS) is 18.8. The first kappa shape index (κ1) is 13.3. The zero-order valence-corrected chi connectivity index (χ0v) is 12.2. The van der Waals surface area contributed by atoms with Crippen LogP contribution in [0.3, 0.4) is 0 Å². The molecule has 3 rings (SSSR count). The second-order valence-electron chi connectivity index (χ2n) is 5.50. The first-order chi connectivity index (χ1) is 9.74. The van der Waals surface area contributed by atoms with Gasteiger partial charge in [-0.1, -0.05) is 12.1 Å². The molecule has 1 aliphatic rings. The summed E-state index contributed by atoms with van der Waals surface area (Å²) in [6, 6.07) is 13.1. The largest absolute Gasteiger partial charge is 0.492 e. The highest BCUT2D eigenvalue weighted by Crippen LogP contribution is 2.24. The van der Waals surface area contributed by atoms with Gasteiger partial charge >= 0.3 is 0 Å².